The van der Waals surface area contributed by atoms with Gasteiger partial charge in [-0.3, -0.25) is 9.48 Å². The van der Waals surface area contributed by atoms with E-state index in [-0.39, 0.29) is 11.9 Å². The molecule has 1 amide bonds. The Labute approximate surface area is 167 Å². The van der Waals surface area contributed by atoms with E-state index in [0.29, 0.717) is 9.75 Å². The fourth-order valence-electron chi connectivity index (χ4n) is 3.56. The Hall–Kier alpha value is -2.93. The molecule has 7 heteroatoms. The van der Waals surface area contributed by atoms with Crippen molar-refractivity contribution in [2.75, 3.05) is 7.11 Å². The lowest BCUT2D eigenvalue weighted by molar-refractivity contribution is 0.0606. The summed E-state index contributed by atoms with van der Waals surface area (Å²) in [5, 5.41) is 7.67. The number of nitrogens with zero attached hydrogens (tertiary/aromatic N) is 2. The Morgan fingerprint density at radius 2 is 2.00 bits per heavy atom. The van der Waals surface area contributed by atoms with E-state index in [1.54, 1.807) is 12.1 Å². The van der Waals surface area contributed by atoms with Crippen LogP contribution in [0, 0.1) is 0 Å². The number of carbonyl (C=O) groups is 2. The summed E-state index contributed by atoms with van der Waals surface area (Å²) in [5.41, 5.74) is 3.47. The summed E-state index contributed by atoms with van der Waals surface area (Å²) in [4.78, 5) is 25.2. The van der Waals surface area contributed by atoms with Crippen LogP contribution in [0.3, 0.4) is 0 Å². The van der Waals surface area contributed by atoms with Crippen molar-refractivity contribution in [3.8, 4) is 0 Å². The molecule has 1 aromatic carbocycles. The second-order valence-corrected chi connectivity index (χ2v) is 7.85. The fourth-order valence-corrected chi connectivity index (χ4v) is 4.39. The molecule has 0 radical (unpaired) electrons. The molecule has 144 valence electrons. The van der Waals surface area contributed by atoms with E-state index in [4.69, 9.17) is 4.74 Å². The van der Waals surface area contributed by atoms with Gasteiger partial charge < -0.3 is 10.1 Å². The van der Waals surface area contributed by atoms with Crippen LogP contribution in [0.15, 0.2) is 48.7 Å². The number of nitrogens with one attached hydrogen (secondary N) is 1. The Morgan fingerprint density at radius 1 is 1.21 bits per heavy atom. The summed E-state index contributed by atoms with van der Waals surface area (Å²) in [7, 11) is 1.33. The number of hydrogen-bond acceptors (Lipinski definition) is 5. The molecule has 1 aliphatic carbocycles. The van der Waals surface area contributed by atoms with Gasteiger partial charge in [-0.25, -0.2) is 4.79 Å². The molecule has 1 N–H and O–H groups in total. The molecule has 1 aliphatic rings. The normalized spacial score (nSPS) is 15.7. The van der Waals surface area contributed by atoms with Gasteiger partial charge in [0.15, 0.2) is 0 Å². The third-order valence-electron chi connectivity index (χ3n) is 4.96. The molecule has 0 saturated heterocycles. The number of ether oxygens (including phenoxy) is 1. The zero-order valence-corrected chi connectivity index (χ0v) is 16.4. The van der Waals surface area contributed by atoms with Gasteiger partial charge in [0.05, 0.1) is 30.8 Å². The first-order chi connectivity index (χ1) is 13.7. The third kappa shape index (κ3) is 3.71. The van der Waals surface area contributed by atoms with Crippen LogP contribution in [0.1, 0.15) is 55.0 Å². The molecule has 4 rings (SSSR count). The van der Waals surface area contributed by atoms with Crippen molar-refractivity contribution in [1.82, 2.24) is 15.1 Å². The maximum absolute atomic E-state index is 12.7. The van der Waals surface area contributed by atoms with Gasteiger partial charge in [-0.1, -0.05) is 30.3 Å². The molecule has 0 aliphatic heterocycles. The molecule has 1 atom stereocenters. The van der Waals surface area contributed by atoms with E-state index < -0.39 is 5.97 Å². The Bertz CT molecular complexity index is 994. The molecule has 0 saturated carbocycles. The highest BCUT2D eigenvalue weighted by Crippen LogP contribution is 2.30. The summed E-state index contributed by atoms with van der Waals surface area (Å²) in [5.74, 6) is -0.597. The van der Waals surface area contributed by atoms with Crippen molar-refractivity contribution in [1.29, 1.82) is 0 Å². The minimum absolute atomic E-state index is 0.0653. The van der Waals surface area contributed by atoms with Gasteiger partial charge >= 0.3 is 5.97 Å². The van der Waals surface area contributed by atoms with E-state index in [1.165, 1.54) is 18.4 Å². The van der Waals surface area contributed by atoms with Crippen molar-refractivity contribution in [2.24, 2.45) is 0 Å². The first-order valence-electron chi connectivity index (χ1n) is 9.23. The quantitative estimate of drug-likeness (QED) is 0.670. The summed E-state index contributed by atoms with van der Waals surface area (Å²) >= 11 is 1.14. The number of methoxy groups -OCH3 is 1. The minimum atomic E-state index is -0.425. The van der Waals surface area contributed by atoms with Gasteiger partial charge in [0.1, 0.15) is 4.88 Å². The summed E-state index contributed by atoms with van der Waals surface area (Å²) in [6, 6.07) is 13.5. The van der Waals surface area contributed by atoms with Crippen molar-refractivity contribution >= 4 is 23.2 Å². The predicted molar refractivity (Wildman–Crippen MR) is 107 cm³/mol. The Balaban J connectivity index is 1.50. The lowest BCUT2D eigenvalue weighted by Crippen LogP contribution is -2.30. The molecule has 3 aromatic rings. The number of carbonyl (C=O) groups excluding carboxylic acids is 2. The number of amides is 1. The van der Waals surface area contributed by atoms with Gasteiger partial charge in [-0.05, 0) is 37.0 Å². The fraction of sp³-hybridized carbons (Fsp3) is 0.286. The molecule has 2 aromatic heterocycles. The maximum Gasteiger partial charge on any atom is 0.348 e. The minimum Gasteiger partial charge on any atom is -0.465 e. The van der Waals surface area contributed by atoms with Crippen LogP contribution in [0.5, 0.6) is 0 Å². The smallest absolute Gasteiger partial charge is 0.348 e. The van der Waals surface area contributed by atoms with Gasteiger partial charge in [0.2, 0.25) is 0 Å². The molecule has 6 nitrogen and oxygen atoms in total. The van der Waals surface area contributed by atoms with Crippen LogP contribution in [-0.4, -0.2) is 28.8 Å². The van der Waals surface area contributed by atoms with Crippen LogP contribution >= 0.6 is 11.3 Å². The van der Waals surface area contributed by atoms with Crippen molar-refractivity contribution in [2.45, 2.75) is 31.8 Å². The molecular weight excluding hydrogens is 374 g/mol. The van der Waals surface area contributed by atoms with E-state index >= 15 is 0 Å². The third-order valence-corrected chi connectivity index (χ3v) is 6.02. The zero-order valence-electron chi connectivity index (χ0n) is 15.6. The SMILES string of the molecule is COC(=O)c1ccc(C(=O)N[C@H]2CCCc3c2cnn3Cc2ccccc2)s1. The van der Waals surface area contributed by atoms with Gasteiger partial charge in [0.25, 0.3) is 5.91 Å². The highest BCUT2D eigenvalue weighted by atomic mass is 32.1. The zero-order chi connectivity index (χ0) is 19.5. The van der Waals surface area contributed by atoms with Crippen molar-refractivity contribution in [3.63, 3.8) is 0 Å². The van der Waals surface area contributed by atoms with Gasteiger partial charge in [-0.2, -0.15) is 5.10 Å². The van der Waals surface area contributed by atoms with Crippen molar-refractivity contribution < 1.29 is 14.3 Å². The van der Waals surface area contributed by atoms with E-state index in [1.807, 2.05) is 29.1 Å². The number of benzene rings is 1. The summed E-state index contributed by atoms with van der Waals surface area (Å²) in [6.45, 7) is 0.726. The molecule has 0 bridgehead atoms. The highest BCUT2D eigenvalue weighted by molar-refractivity contribution is 7.15. The second kappa shape index (κ2) is 7.98. The molecule has 28 heavy (non-hydrogen) atoms. The molecule has 0 unspecified atom stereocenters. The number of fused-ring (bicyclic) bond motifs is 1. The maximum atomic E-state index is 12.7. The van der Waals surface area contributed by atoms with Crippen LogP contribution in [-0.2, 0) is 17.7 Å². The lowest BCUT2D eigenvalue weighted by Gasteiger charge is -2.24. The van der Waals surface area contributed by atoms with Gasteiger partial charge in [0, 0.05) is 11.3 Å². The average Bonchev–Trinajstić information content (AvgIpc) is 3.37. The van der Waals surface area contributed by atoms with Gasteiger partial charge in [-0.15, -0.1) is 11.3 Å². The summed E-state index contributed by atoms with van der Waals surface area (Å²) < 4.78 is 6.74. The van der Waals surface area contributed by atoms with Crippen LogP contribution in [0.4, 0.5) is 0 Å². The van der Waals surface area contributed by atoms with E-state index in [0.717, 1.165) is 42.7 Å². The Morgan fingerprint density at radius 3 is 2.79 bits per heavy atom. The second-order valence-electron chi connectivity index (χ2n) is 6.76. The van der Waals surface area contributed by atoms with Crippen LogP contribution in [0.2, 0.25) is 0 Å². The van der Waals surface area contributed by atoms with Crippen LogP contribution < -0.4 is 5.32 Å². The summed E-state index contributed by atoms with van der Waals surface area (Å²) in [6.07, 6.45) is 4.71. The Kier molecular flexibility index (Phi) is 5.25. The number of hydrogen-bond donors (Lipinski definition) is 1. The van der Waals surface area contributed by atoms with E-state index in [9.17, 15) is 9.59 Å². The lowest BCUT2D eigenvalue weighted by atomic mass is 9.93. The molecule has 0 fully saturated rings. The van der Waals surface area contributed by atoms with Crippen molar-refractivity contribution in [3.05, 3.63) is 75.2 Å². The molecule has 2 heterocycles. The first-order valence-corrected chi connectivity index (χ1v) is 10.0. The topological polar surface area (TPSA) is 73.2 Å². The molecule has 0 spiro atoms. The first kappa shape index (κ1) is 18.4. The van der Waals surface area contributed by atoms with E-state index in [2.05, 4.69) is 22.5 Å². The number of esters is 1. The standard InChI is InChI=1S/C21H21N3O3S/c1-27-21(26)19-11-10-18(28-19)20(25)23-16-8-5-9-17-15(16)12-22-24(17)13-14-6-3-2-4-7-14/h2-4,6-7,10-12,16H,5,8-9,13H2,1H3,(H,23,25)/t16-/m0/s1. The monoisotopic (exact) mass is 395 g/mol. The average molecular weight is 395 g/mol. The number of aromatic nitrogens is 2. The largest absolute Gasteiger partial charge is 0.465 e. The predicted octanol–water partition coefficient (Wildman–Crippen LogP) is 3.59. The highest BCUT2D eigenvalue weighted by Gasteiger charge is 2.26. The van der Waals surface area contributed by atoms with Crippen LogP contribution in [0.25, 0.3) is 0 Å². The number of thiophene rings is 1. The molecular formula is C21H21N3O3S. The number of rotatable bonds is 5.